The number of nitrogens with one attached hydrogen (secondary N) is 2. The Bertz CT molecular complexity index is 445. The third-order valence-corrected chi connectivity index (χ3v) is 2.32. The molecule has 2 amide bonds. The van der Waals surface area contributed by atoms with E-state index in [-0.39, 0.29) is 11.5 Å². The Kier molecular flexibility index (Phi) is 3.92. The van der Waals surface area contributed by atoms with Crippen LogP contribution in [0.25, 0.3) is 0 Å². The Balaban J connectivity index is 2.98. The van der Waals surface area contributed by atoms with Crippen LogP contribution in [-0.2, 0) is 4.79 Å². The molecule has 0 saturated carbocycles. The predicted octanol–water partition coefficient (Wildman–Crippen LogP) is -0.0859. The average molecular weight is 236 g/mol. The zero-order chi connectivity index (χ0) is 13.0. The summed E-state index contributed by atoms with van der Waals surface area (Å²) in [5.74, 6) is -0.777. The Labute approximate surface area is 99.4 Å². The minimum atomic E-state index is -0.594. The first kappa shape index (κ1) is 12.8. The summed E-state index contributed by atoms with van der Waals surface area (Å²) in [6, 6.07) is 4.25. The Morgan fingerprint density at radius 1 is 1.35 bits per heavy atom. The zero-order valence-corrected chi connectivity index (χ0v) is 9.78. The predicted molar refractivity (Wildman–Crippen MR) is 66.5 cm³/mol. The van der Waals surface area contributed by atoms with E-state index in [0.717, 1.165) is 0 Å². The van der Waals surface area contributed by atoms with Gasteiger partial charge in [-0.3, -0.25) is 9.59 Å². The molecule has 0 aliphatic carbocycles. The highest BCUT2D eigenvalue weighted by atomic mass is 16.2. The molecule has 6 N–H and O–H groups in total. The molecule has 0 radical (unpaired) electrons. The van der Waals surface area contributed by atoms with Crippen LogP contribution in [0.5, 0.6) is 0 Å². The van der Waals surface area contributed by atoms with Gasteiger partial charge in [-0.25, -0.2) is 0 Å². The molecule has 0 spiro atoms. The lowest BCUT2D eigenvalue weighted by molar-refractivity contribution is -0.121. The largest absolute Gasteiger partial charge is 0.399 e. The van der Waals surface area contributed by atoms with E-state index >= 15 is 0 Å². The fraction of sp³-hybridized carbons (Fsp3) is 0.273. The van der Waals surface area contributed by atoms with E-state index in [2.05, 4.69) is 10.6 Å². The van der Waals surface area contributed by atoms with Gasteiger partial charge in [0.2, 0.25) is 5.91 Å². The molecule has 0 bridgehead atoms. The molecule has 1 rings (SSSR count). The van der Waals surface area contributed by atoms with Crippen molar-refractivity contribution in [2.24, 2.45) is 5.73 Å². The standard InChI is InChI=1S/C11H16N4O2/c1-6(11(17)14-2)15-9-4-3-7(12)5-8(9)10(13)16/h3-6,15H,12H2,1-2H3,(H2,13,16)(H,14,17). The van der Waals surface area contributed by atoms with E-state index in [4.69, 9.17) is 11.5 Å². The van der Waals surface area contributed by atoms with Gasteiger partial charge in [-0.1, -0.05) is 0 Å². The monoisotopic (exact) mass is 236 g/mol. The SMILES string of the molecule is CNC(=O)C(C)Nc1ccc(N)cc1C(N)=O. The Morgan fingerprint density at radius 2 is 2.00 bits per heavy atom. The molecule has 6 nitrogen and oxygen atoms in total. The van der Waals surface area contributed by atoms with Crippen LogP contribution < -0.4 is 22.1 Å². The van der Waals surface area contributed by atoms with Gasteiger partial charge in [0.1, 0.15) is 6.04 Å². The minimum absolute atomic E-state index is 0.183. The highest BCUT2D eigenvalue weighted by Gasteiger charge is 2.14. The van der Waals surface area contributed by atoms with Gasteiger partial charge in [-0.2, -0.15) is 0 Å². The maximum absolute atomic E-state index is 11.3. The van der Waals surface area contributed by atoms with Crippen molar-refractivity contribution in [3.63, 3.8) is 0 Å². The number of nitrogen functional groups attached to an aromatic ring is 1. The fourth-order valence-electron chi connectivity index (χ4n) is 1.41. The lowest BCUT2D eigenvalue weighted by Gasteiger charge is -2.16. The molecule has 17 heavy (non-hydrogen) atoms. The summed E-state index contributed by atoms with van der Waals surface area (Å²) in [4.78, 5) is 22.6. The van der Waals surface area contributed by atoms with Crippen molar-refractivity contribution in [2.75, 3.05) is 18.1 Å². The maximum Gasteiger partial charge on any atom is 0.250 e. The van der Waals surface area contributed by atoms with E-state index < -0.39 is 11.9 Å². The van der Waals surface area contributed by atoms with Crippen LogP contribution in [-0.4, -0.2) is 24.9 Å². The van der Waals surface area contributed by atoms with Crippen molar-refractivity contribution in [2.45, 2.75) is 13.0 Å². The molecule has 0 saturated heterocycles. The molecule has 6 heteroatoms. The van der Waals surface area contributed by atoms with Crippen LogP contribution in [0.3, 0.4) is 0 Å². The first-order chi connectivity index (χ1) is 7.95. The van der Waals surface area contributed by atoms with E-state index in [1.165, 1.54) is 6.07 Å². The summed E-state index contributed by atoms with van der Waals surface area (Å²) in [5, 5.41) is 5.40. The van der Waals surface area contributed by atoms with Gasteiger partial charge in [0.15, 0.2) is 0 Å². The number of nitrogens with two attached hydrogens (primary N) is 2. The normalized spacial score (nSPS) is 11.6. The average Bonchev–Trinajstić information content (AvgIpc) is 2.29. The van der Waals surface area contributed by atoms with Crippen LogP contribution in [0.15, 0.2) is 18.2 Å². The van der Waals surface area contributed by atoms with Gasteiger partial charge in [0.05, 0.1) is 5.56 Å². The quantitative estimate of drug-likeness (QED) is 0.548. The van der Waals surface area contributed by atoms with Crippen LogP contribution in [0.2, 0.25) is 0 Å². The van der Waals surface area contributed by atoms with Crippen molar-refractivity contribution in [1.82, 2.24) is 5.32 Å². The van der Waals surface area contributed by atoms with Crippen molar-refractivity contribution in [3.8, 4) is 0 Å². The summed E-state index contributed by atoms with van der Waals surface area (Å²) in [7, 11) is 1.54. The smallest absolute Gasteiger partial charge is 0.250 e. The third-order valence-electron chi connectivity index (χ3n) is 2.32. The lowest BCUT2D eigenvalue weighted by Crippen LogP contribution is -2.35. The molecule has 1 atom stereocenters. The molecule has 92 valence electrons. The number of likely N-dealkylation sites (N-methyl/N-ethyl adjacent to an activating group) is 1. The van der Waals surface area contributed by atoms with Crippen molar-refractivity contribution in [3.05, 3.63) is 23.8 Å². The number of primary amides is 1. The molecular weight excluding hydrogens is 220 g/mol. The zero-order valence-electron chi connectivity index (χ0n) is 9.78. The van der Waals surface area contributed by atoms with E-state index in [1.807, 2.05) is 0 Å². The molecule has 0 fully saturated rings. The van der Waals surface area contributed by atoms with Crippen molar-refractivity contribution >= 4 is 23.2 Å². The second-order valence-electron chi connectivity index (χ2n) is 3.65. The molecule has 1 unspecified atom stereocenters. The number of hydrogen-bond acceptors (Lipinski definition) is 4. The lowest BCUT2D eigenvalue weighted by atomic mass is 10.1. The summed E-state index contributed by atoms with van der Waals surface area (Å²) in [5.41, 5.74) is 12.0. The van der Waals surface area contributed by atoms with Crippen molar-refractivity contribution in [1.29, 1.82) is 0 Å². The van der Waals surface area contributed by atoms with Gasteiger partial charge in [0, 0.05) is 18.4 Å². The van der Waals surface area contributed by atoms with Crippen LogP contribution in [0, 0.1) is 0 Å². The molecule has 1 aromatic carbocycles. The number of hydrogen-bond donors (Lipinski definition) is 4. The first-order valence-corrected chi connectivity index (χ1v) is 5.13. The minimum Gasteiger partial charge on any atom is -0.399 e. The number of anilines is 2. The number of amides is 2. The summed E-state index contributed by atoms with van der Waals surface area (Å²) in [6.07, 6.45) is 0. The van der Waals surface area contributed by atoms with Crippen LogP contribution in [0.4, 0.5) is 11.4 Å². The topological polar surface area (TPSA) is 110 Å². The first-order valence-electron chi connectivity index (χ1n) is 5.13. The highest BCUT2D eigenvalue weighted by Crippen LogP contribution is 2.19. The summed E-state index contributed by atoms with van der Waals surface area (Å²) in [6.45, 7) is 1.68. The van der Waals surface area contributed by atoms with E-state index in [9.17, 15) is 9.59 Å². The maximum atomic E-state index is 11.3. The van der Waals surface area contributed by atoms with Gasteiger partial charge in [0.25, 0.3) is 5.91 Å². The molecular formula is C11H16N4O2. The molecule has 0 heterocycles. The fourth-order valence-corrected chi connectivity index (χ4v) is 1.41. The summed E-state index contributed by atoms with van der Waals surface area (Å²) >= 11 is 0. The number of benzene rings is 1. The number of rotatable bonds is 4. The molecule has 0 aliphatic heterocycles. The second kappa shape index (κ2) is 5.20. The van der Waals surface area contributed by atoms with E-state index in [0.29, 0.717) is 11.4 Å². The second-order valence-corrected chi connectivity index (χ2v) is 3.65. The third kappa shape index (κ3) is 3.10. The highest BCUT2D eigenvalue weighted by molar-refractivity contribution is 6.00. The van der Waals surface area contributed by atoms with Crippen molar-refractivity contribution < 1.29 is 9.59 Å². The molecule has 0 aliphatic rings. The van der Waals surface area contributed by atoms with Gasteiger partial charge >= 0.3 is 0 Å². The van der Waals surface area contributed by atoms with Crippen LogP contribution >= 0.6 is 0 Å². The Hall–Kier alpha value is -2.24. The van der Waals surface area contributed by atoms with E-state index in [1.54, 1.807) is 26.1 Å². The number of carbonyl (C=O) groups excluding carboxylic acids is 2. The van der Waals surface area contributed by atoms with Crippen LogP contribution in [0.1, 0.15) is 17.3 Å². The van der Waals surface area contributed by atoms with Gasteiger partial charge in [-0.05, 0) is 25.1 Å². The van der Waals surface area contributed by atoms with Gasteiger partial charge < -0.3 is 22.1 Å². The number of carbonyl (C=O) groups is 2. The molecule has 0 aromatic heterocycles. The molecule has 1 aromatic rings. The Morgan fingerprint density at radius 3 is 2.53 bits per heavy atom. The summed E-state index contributed by atoms with van der Waals surface area (Å²) < 4.78 is 0. The van der Waals surface area contributed by atoms with Gasteiger partial charge in [-0.15, -0.1) is 0 Å².